The molecule has 0 rings (SSSR count). The first kappa shape index (κ1) is 16.4. The van der Waals surface area contributed by atoms with E-state index in [0.717, 1.165) is 12.8 Å². The Morgan fingerprint density at radius 1 is 1.18 bits per heavy atom. The lowest BCUT2D eigenvalue weighted by Crippen LogP contribution is -2.24. The average Bonchev–Trinajstić information content (AvgIpc) is 2.19. The van der Waals surface area contributed by atoms with Gasteiger partial charge in [0.25, 0.3) is 0 Å². The molecule has 3 nitrogen and oxygen atoms in total. The molecule has 17 heavy (non-hydrogen) atoms. The van der Waals surface area contributed by atoms with Gasteiger partial charge in [0.05, 0.1) is 6.10 Å². The van der Waals surface area contributed by atoms with Gasteiger partial charge in [0.1, 0.15) is 5.60 Å². The molecule has 0 spiro atoms. The Balaban J connectivity index is 3.55. The van der Waals surface area contributed by atoms with E-state index >= 15 is 0 Å². The van der Waals surface area contributed by atoms with E-state index < -0.39 is 5.60 Å². The Morgan fingerprint density at radius 2 is 1.82 bits per heavy atom. The van der Waals surface area contributed by atoms with Crippen molar-refractivity contribution in [1.29, 1.82) is 0 Å². The van der Waals surface area contributed by atoms with E-state index in [4.69, 9.17) is 4.74 Å². The topological polar surface area (TPSA) is 46.5 Å². The van der Waals surface area contributed by atoms with Crippen molar-refractivity contribution >= 4 is 5.97 Å². The van der Waals surface area contributed by atoms with Crippen LogP contribution in [0.1, 0.15) is 72.6 Å². The summed E-state index contributed by atoms with van der Waals surface area (Å²) in [5.74, 6) is -0.217. The van der Waals surface area contributed by atoms with Gasteiger partial charge in [-0.1, -0.05) is 32.6 Å². The Bertz CT molecular complexity index is 206. The molecule has 0 aliphatic rings. The Kier molecular flexibility index (Phi) is 8.23. The second kappa shape index (κ2) is 8.51. The monoisotopic (exact) mass is 244 g/mol. The first-order valence-corrected chi connectivity index (χ1v) is 6.75. The number of hydrogen-bond acceptors (Lipinski definition) is 3. The zero-order valence-corrected chi connectivity index (χ0v) is 11.8. The van der Waals surface area contributed by atoms with Crippen molar-refractivity contribution in [3.63, 3.8) is 0 Å². The summed E-state index contributed by atoms with van der Waals surface area (Å²) in [5, 5.41) is 9.69. The normalized spacial score (nSPS) is 13.5. The van der Waals surface area contributed by atoms with E-state index in [0.29, 0.717) is 12.8 Å². The maximum absolute atomic E-state index is 11.4. The molecule has 102 valence electrons. The van der Waals surface area contributed by atoms with Crippen LogP contribution in [0.4, 0.5) is 0 Å². The zero-order chi connectivity index (χ0) is 13.3. The lowest BCUT2D eigenvalue weighted by atomic mass is 10.1. The van der Waals surface area contributed by atoms with Gasteiger partial charge >= 0.3 is 5.97 Å². The second-order valence-electron chi connectivity index (χ2n) is 5.63. The number of aliphatic hydroxyl groups excluding tert-OH is 1. The van der Waals surface area contributed by atoms with Crippen molar-refractivity contribution < 1.29 is 14.6 Å². The number of hydrogen-bond donors (Lipinski definition) is 1. The molecule has 0 radical (unpaired) electrons. The molecular formula is C14H28O3. The van der Waals surface area contributed by atoms with Gasteiger partial charge in [0.15, 0.2) is 0 Å². The van der Waals surface area contributed by atoms with Crippen molar-refractivity contribution in [1.82, 2.24) is 0 Å². The SMILES string of the molecule is CCCCCC[C@@H](O)CCC(=O)OC(C)(C)C. The predicted molar refractivity (Wildman–Crippen MR) is 69.8 cm³/mol. The van der Waals surface area contributed by atoms with Crippen molar-refractivity contribution in [3.8, 4) is 0 Å². The van der Waals surface area contributed by atoms with Crippen LogP contribution in [0.15, 0.2) is 0 Å². The number of unbranched alkanes of at least 4 members (excludes halogenated alkanes) is 3. The molecule has 0 saturated heterocycles. The molecule has 0 bridgehead atoms. The van der Waals surface area contributed by atoms with Crippen LogP contribution in [0, 0.1) is 0 Å². The van der Waals surface area contributed by atoms with Gasteiger partial charge in [-0.3, -0.25) is 4.79 Å². The largest absolute Gasteiger partial charge is 0.460 e. The fourth-order valence-corrected chi connectivity index (χ4v) is 1.63. The zero-order valence-electron chi connectivity index (χ0n) is 11.8. The third-order valence-corrected chi connectivity index (χ3v) is 2.49. The van der Waals surface area contributed by atoms with Gasteiger partial charge in [-0.2, -0.15) is 0 Å². The predicted octanol–water partition coefficient (Wildman–Crippen LogP) is 3.44. The number of ether oxygens (including phenoxy) is 1. The van der Waals surface area contributed by atoms with Gasteiger partial charge in [-0.05, 0) is 33.6 Å². The minimum atomic E-state index is -0.427. The molecule has 0 aromatic heterocycles. The molecule has 0 aliphatic heterocycles. The van der Waals surface area contributed by atoms with Crippen molar-refractivity contribution in [2.45, 2.75) is 84.3 Å². The summed E-state index contributed by atoms with van der Waals surface area (Å²) in [4.78, 5) is 11.4. The van der Waals surface area contributed by atoms with Crippen molar-refractivity contribution in [3.05, 3.63) is 0 Å². The van der Waals surface area contributed by atoms with E-state index in [9.17, 15) is 9.90 Å². The Labute approximate surface area is 106 Å². The molecule has 0 aromatic carbocycles. The minimum Gasteiger partial charge on any atom is -0.460 e. The van der Waals surface area contributed by atoms with E-state index in [-0.39, 0.29) is 12.1 Å². The molecule has 0 unspecified atom stereocenters. The molecule has 1 N–H and O–H groups in total. The molecule has 0 fully saturated rings. The molecule has 3 heteroatoms. The highest BCUT2D eigenvalue weighted by Crippen LogP contribution is 2.13. The Hall–Kier alpha value is -0.570. The van der Waals surface area contributed by atoms with E-state index in [1.807, 2.05) is 20.8 Å². The summed E-state index contributed by atoms with van der Waals surface area (Å²) in [6.07, 6.45) is 5.89. The fourth-order valence-electron chi connectivity index (χ4n) is 1.63. The molecule has 0 heterocycles. The van der Waals surface area contributed by atoms with Crippen LogP contribution in [-0.4, -0.2) is 22.8 Å². The summed E-state index contributed by atoms with van der Waals surface area (Å²) < 4.78 is 5.18. The number of rotatable bonds is 8. The van der Waals surface area contributed by atoms with Crippen LogP contribution in [0.2, 0.25) is 0 Å². The van der Waals surface area contributed by atoms with Gasteiger partial charge in [-0.25, -0.2) is 0 Å². The first-order chi connectivity index (χ1) is 7.85. The van der Waals surface area contributed by atoms with Gasteiger partial charge in [0.2, 0.25) is 0 Å². The van der Waals surface area contributed by atoms with Crippen LogP contribution in [0.3, 0.4) is 0 Å². The van der Waals surface area contributed by atoms with Gasteiger partial charge < -0.3 is 9.84 Å². The fraction of sp³-hybridized carbons (Fsp3) is 0.929. The van der Waals surface area contributed by atoms with Gasteiger partial charge in [0, 0.05) is 6.42 Å². The van der Waals surface area contributed by atoms with Gasteiger partial charge in [-0.15, -0.1) is 0 Å². The van der Waals surface area contributed by atoms with Crippen LogP contribution in [0.5, 0.6) is 0 Å². The summed E-state index contributed by atoms with van der Waals surface area (Å²) >= 11 is 0. The lowest BCUT2D eigenvalue weighted by molar-refractivity contribution is -0.155. The molecule has 0 aromatic rings. The summed E-state index contributed by atoms with van der Waals surface area (Å²) in [6, 6.07) is 0. The molecule has 0 amide bonds. The molecule has 0 saturated carbocycles. The number of aliphatic hydroxyl groups is 1. The third kappa shape index (κ3) is 11.7. The van der Waals surface area contributed by atoms with Crippen LogP contribution < -0.4 is 0 Å². The van der Waals surface area contributed by atoms with Crippen LogP contribution in [-0.2, 0) is 9.53 Å². The minimum absolute atomic E-state index is 0.217. The number of carbonyl (C=O) groups excluding carboxylic acids is 1. The van der Waals surface area contributed by atoms with Crippen molar-refractivity contribution in [2.75, 3.05) is 0 Å². The molecular weight excluding hydrogens is 216 g/mol. The van der Waals surface area contributed by atoms with E-state index in [2.05, 4.69) is 6.92 Å². The highest BCUT2D eigenvalue weighted by Gasteiger charge is 2.17. The highest BCUT2D eigenvalue weighted by molar-refractivity contribution is 5.69. The Morgan fingerprint density at radius 3 is 2.35 bits per heavy atom. The van der Waals surface area contributed by atoms with Crippen LogP contribution >= 0.6 is 0 Å². The van der Waals surface area contributed by atoms with Crippen LogP contribution in [0.25, 0.3) is 0 Å². The third-order valence-electron chi connectivity index (χ3n) is 2.49. The average molecular weight is 244 g/mol. The lowest BCUT2D eigenvalue weighted by Gasteiger charge is -2.20. The van der Waals surface area contributed by atoms with E-state index in [1.54, 1.807) is 0 Å². The number of carbonyl (C=O) groups is 1. The second-order valence-corrected chi connectivity index (χ2v) is 5.63. The number of esters is 1. The molecule has 0 aliphatic carbocycles. The standard InChI is InChI=1S/C14H28O3/c1-5-6-7-8-9-12(15)10-11-13(16)17-14(2,3)4/h12,15H,5-11H2,1-4H3/t12-/m1/s1. The smallest absolute Gasteiger partial charge is 0.306 e. The quantitative estimate of drug-likeness (QED) is 0.525. The van der Waals surface area contributed by atoms with E-state index in [1.165, 1.54) is 19.3 Å². The summed E-state index contributed by atoms with van der Waals surface area (Å²) in [5.41, 5.74) is -0.427. The maximum Gasteiger partial charge on any atom is 0.306 e. The highest BCUT2D eigenvalue weighted by atomic mass is 16.6. The summed E-state index contributed by atoms with van der Waals surface area (Å²) in [6.45, 7) is 7.73. The first-order valence-electron chi connectivity index (χ1n) is 6.75. The van der Waals surface area contributed by atoms with Crippen molar-refractivity contribution in [2.24, 2.45) is 0 Å². The summed E-state index contributed by atoms with van der Waals surface area (Å²) in [7, 11) is 0. The maximum atomic E-state index is 11.4. The molecule has 1 atom stereocenters.